The van der Waals surface area contributed by atoms with Crippen molar-refractivity contribution in [1.29, 1.82) is 0 Å². The lowest BCUT2D eigenvalue weighted by Gasteiger charge is -2.22. The number of nitrogens with one attached hydrogen (secondary N) is 2. The van der Waals surface area contributed by atoms with Crippen LogP contribution < -0.4 is 15.6 Å². The summed E-state index contributed by atoms with van der Waals surface area (Å²) in [5, 5.41) is 2.96. The number of carbonyl (C=O) groups excluding carboxylic acids is 1. The van der Waals surface area contributed by atoms with E-state index in [1.54, 1.807) is 20.1 Å². The fraction of sp³-hybridized carbons (Fsp3) is 0.143. The molecule has 0 fully saturated rings. The van der Waals surface area contributed by atoms with Gasteiger partial charge in [0.15, 0.2) is 0 Å². The van der Waals surface area contributed by atoms with Gasteiger partial charge >= 0.3 is 0 Å². The van der Waals surface area contributed by atoms with Gasteiger partial charge in [-0.25, -0.2) is 0 Å². The maximum absolute atomic E-state index is 12.8. The SMILES string of the molecule is COc1ccccc1[C@@H](NC(=O)c1ccc(C)[nH]c1=O)c1ccccc1. The first-order valence-corrected chi connectivity index (χ1v) is 8.29. The molecule has 5 nitrogen and oxygen atoms in total. The lowest BCUT2D eigenvalue weighted by Crippen LogP contribution is -2.33. The molecule has 0 radical (unpaired) electrons. The summed E-state index contributed by atoms with van der Waals surface area (Å²) in [7, 11) is 1.59. The fourth-order valence-corrected chi connectivity index (χ4v) is 2.85. The van der Waals surface area contributed by atoms with Gasteiger partial charge in [0.2, 0.25) is 0 Å². The lowest BCUT2D eigenvalue weighted by atomic mass is 9.97. The van der Waals surface area contributed by atoms with Gasteiger partial charge in [-0.3, -0.25) is 9.59 Å². The number of methoxy groups -OCH3 is 1. The zero-order valence-corrected chi connectivity index (χ0v) is 14.7. The minimum atomic E-state index is -0.444. The van der Waals surface area contributed by atoms with Gasteiger partial charge in [-0.15, -0.1) is 0 Å². The first-order chi connectivity index (χ1) is 12.6. The van der Waals surface area contributed by atoms with E-state index in [9.17, 15) is 9.59 Å². The van der Waals surface area contributed by atoms with Crippen LogP contribution in [0.15, 0.2) is 71.5 Å². The van der Waals surface area contributed by atoms with Crippen LogP contribution in [0.3, 0.4) is 0 Å². The topological polar surface area (TPSA) is 71.2 Å². The van der Waals surface area contributed by atoms with E-state index in [0.29, 0.717) is 11.4 Å². The maximum atomic E-state index is 12.8. The monoisotopic (exact) mass is 348 g/mol. The van der Waals surface area contributed by atoms with Crippen LogP contribution in [-0.4, -0.2) is 18.0 Å². The van der Waals surface area contributed by atoms with Gasteiger partial charge in [-0.1, -0.05) is 48.5 Å². The molecule has 2 aromatic carbocycles. The number of para-hydroxylation sites is 1. The van der Waals surface area contributed by atoms with Gasteiger partial charge in [-0.05, 0) is 30.7 Å². The number of pyridine rings is 1. The minimum absolute atomic E-state index is 0.0754. The second kappa shape index (κ2) is 7.70. The van der Waals surface area contributed by atoms with Crippen LogP contribution in [0.4, 0.5) is 0 Å². The number of aryl methyl sites for hydroxylation is 1. The van der Waals surface area contributed by atoms with Crippen molar-refractivity contribution in [2.75, 3.05) is 7.11 Å². The maximum Gasteiger partial charge on any atom is 0.260 e. The standard InChI is InChI=1S/C21H20N2O3/c1-14-12-13-17(20(24)22-14)21(25)23-19(15-8-4-3-5-9-15)16-10-6-7-11-18(16)26-2/h3-13,19H,1-2H3,(H,22,24)(H,23,25)/t19-/m0/s1. The first kappa shape index (κ1) is 17.5. The van der Waals surface area contributed by atoms with Crippen LogP contribution in [-0.2, 0) is 0 Å². The average molecular weight is 348 g/mol. The number of rotatable bonds is 5. The van der Waals surface area contributed by atoms with Crippen molar-refractivity contribution in [2.24, 2.45) is 0 Å². The zero-order valence-electron chi connectivity index (χ0n) is 14.7. The second-order valence-corrected chi connectivity index (χ2v) is 5.94. The Hall–Kier alpha value is -3.34. The van der Waals surface area contributed by atoms with Crippen molar-refractivity contribution < 1.29 is 9.53 Å². The van der Waals surface area contributed by atoms with Crippen molar-refractivity contribution in [3.63, 3.8) is 0 Å². The summed E-state index contributed by atoms with van der Waals surface area (Å²) in [4.78, 5) is 27.5. The molecule has 0 spiro atoms. The van der Waals surface area contributed by atoms with Crippen LogP contribution in [0, 0.1) is 6.92 Å². The minimum Gasteiger partial charge on any atom is -0.496 e. The van der Waals surface area contributed by atoms with Crippen LogP contribution in [0.5, 0.6) is 5.75 Å². The molecular formula is C21H20N2O3. The molecular weight excluding hydrogens is 328 g/mol. The van der Waals surface area contributed by atoms with Crippen LogP contribution in [0.2, 0.25) is 0 Å². The number of hydrogen-bond acceptors (Lipinski definition) is 3. The molecule has 26 heavy (non-hydrogen) atoms. The van der Waals surface area contributed by atoms with E-state index >= 15 is 0 Å². The molecule has 0 saturated heterocycles. The average Bonchev–Trinajstić information content (AvgIpc) is 2.66. The lowest BCUT2D eigenvalue weighted by molar-refractivity contribution is 0.0941. The van der Waals surface area contributed by atoms with Gasteiger partial charge in [0.25, 0.3) is 11.5 Å². The molecule has 2 N–H and O–H groups in total. The molecule has 0 unspecified atom stereocenters. The van der Waals surface area contributed by atoms with E-state index in [1.807, 2.05) is 54.6 Å². The number of aromatic nitrogens is 1. The van der Waals surface area contributed by atoms with E-state index < -0.39 is 17.5 Å². The third-order valence-corrected chi connectivity index (χ3v) is 4.16. The Morgan fingerprint density at radius 2 is 1.69 bits per heavy atom. The second-order valence-electron chi connectivity index (χ2n) is 5.94. The molecule has 0 aliphatic rings. The number of hydrogen-bond donors (Lipinski definition) is 2. The molecule has 0 aliphatic heterocycles. The Kier molecular flexibility index (Phi) is 5.17. The van der Waals surface area contributed by atoms with Crippen LogP contribution in [0.25, 0.3) is 0 Å². The third-order valence-electron chi connectivity index (χ3n) is 4.16. The zero-order chi connectivity index (χ0) is 18.5. The van der Waals surface area contributed by atoms with Crippen molar-refractivity contribution >= 4 is 5.91 Å². The molecule has 0 saturated carbocycles. The number of aromatic amines is 1. The Bertz CT molecular complexity index is 964. The molecule has 3 rings (SSSR count). The highest BCUT2D eigenvalue weighted by molar-refractivity contribution is 5.94. The normalized spacial score (nSPS) is 11.6. The Morgan fingerprint density at radius 1 is 1.00 bits per heavy atom. The van der Waals surface area contributed by atoms with Crippen LogP contribution >= 0.6 is 0 Å². The molecule has 1 amide bonds. The predicted octanol–water partition coefficient (Wildman–Crippen LogP) is 3.21. The molecule has 3 aromatic rings. The van der Waals surface area contributed by atoms with Crippen molar-refractivity contribution in [3.8, 4) is 5.75 Å². The molecule has 1 heterocycles. The molecule has 0 bridgehead atoms. The van der Waals surface area contributed by atoms with Gasteiger partial charge in [-0.2, -0.15) is 0 Å². The summed E-state index contributed by atoms with van der Waals surface area (Å²) >= 11 is 0. The highest BCUT2D eigenvalue weighted by atomic mass is 16.5. The fourth-order valence-electron chi connectivity index (χ4n) is 2.85. The molecule has 0 aliphatic carbocycles. The Balaban J connectivity index is 2.02. The van der Waals surface area contributed by atoms with E-state index in [2.05, 4.69) is 10.3 Å². The summed E-state index contributed by atoms with van der Waals surface area (Å²) in [5.74, 6) is 0.227. The highest BCUT2D eigenvalue weighted by Gasteiger charge is 2.22. The smallest absolute Gasteiger partial charge is 0.260 e. The van der Waals surface area contributed by atoms with Crippen molar-refractivity contribution in [1.82, 2.24) is 10.3 Å². The van der Waals surface area contributed by atoms with Gasteiger partial charge in [0.05, 0.1) is 13.2 Å². The molecule has 132 valence electrons. The number of benzene rings is 2. The Labute approximate surface area is 151 Å². The summed E-state index contributed by atoms with van der Waals surface area (Å²) in [6, 6.07) is 19.9. The summed E-state index contributed by atoms with van der Waals surface area (Å²) in [6.07, 6.45) is 0. The van der Waals surface area contributed by atoms with E-state index in [-0.39, 0.29) is 5.56 Å². The van der Waals surface area contributed by atoms with Crippen molar-refractivity contribution in [2.45, 2.75) is 13.0 Å². The Morgan fingerprint density at radius 3 is 2.38 bits per heavy atom. The van der Waals surface area contributed by atoms with E-state index in [0.717, 1.165) is 11.1 Å². The van der Waals surface area contributed by atoms with Crippen LogP contribution in [0.1, 0.15) is 33.2 Å². The largest absolute Gasteiger partial charge is 0.496 e. The van der Waals surface area contributed by atoms with E-state index in [1.165, 1.54) is 6.07 Å². The summed E-state index contributed by atoms with van der Waals surface area (Å²) < 4.78 is 5.46. The molecule has 1 aromatic heterocycles. The number of carbonyl (C=O) groups is 1. The predicted molar refractivity (Wildman–Crippen MR) is 101 cm³/mol. The quantitative estimate of drug-likeness (QED) is 0.744. The van der Waals surface area contributed by atoms with Gasteiger partial charge < -0.3 is 15.0 Å². The van der Waals surface area contributed by atoms with E-state index in [4.69, 9.17) is 4.74 Å². The van der Waals surface area contributed by atoms with Gasteiger partial charge in [0.1, 0.15) is 11.3 Å². The summed E-state index contributed by atoms with van der Waals surface area (Å²) in [6.45, 7) is 1.77. The number of H-pyrrole nitrogens is 1. The van der Waals surface area contributed by atoms with Crippen molar-refractivity contribution in [3.05, 3.63) is 99.5 Å². The number of amides is 1. The molecule has 1 atom stereocenters. The third kappa shape index (κ3) is 3.67. The van der Waals surface area contributed by atoms with Gasteiger partial charge in [0, 0.05) is 11.3 Å². The molecule has 5 heteroatoms. The highest BCUT2D eigenvalue weighted by Crippen LogP contribution is 2.30. The first-order valence-electron chi connectivity index (χ1n) is 8.29. The summed E-state index contributed by atoms with van der Waals surface area (Å²) in [5.41, 5.74) is 2.09. The number of ether oxygens (including phenoxy) is 1.